The number of nitrogens with one attached hydrogen (secondary N) is 1. The van der Waals surface area contributed by atoms with Gasteiger partial charge in [-0.1, -0.05) is 6.07 Å². The van der Waals surface area contributed by atoms with Crippen LogP contribution in [0.5, 0.6) is 0 Å². The zero-order valence-electron chi connectivity index (χ0n) is 11.2. The van der Waals surface area contributed by atoms with Gasteiger partial charge in [0, 0.05) is 34.0 Å². The lowest BCUT2D eigenvalue weighted by Gasteiger charge is -2.06. The Labute approximate surface area is 126 Å². The van der Waals surface area contributed by atoms with E-state index in [4.69, 9.17) is 0 Å². The lowest BCUT2D eigenvalue weighted by atomic mass is 10.1. The van der Waals surface area contributed by atoms with Crippen LogP contribution < -0.4 is 5.32 Å². The van der Waals surface area contributed by atoms with E-state index in [-0.39, 0.29) is 5.91 Å². The molecule has 0 radical (unpaired) electrons. The first-order chi connectivity index (χ1) is 8.99. The van der Waals surface area contributed by atoms with Gasteiger partial charge in [-0.25, -0.2) is 0 Å². The van der Waals surface area contributed by atoms with Gasteiger partial charge in [0.25, 0.3) is 5.91 Å². The molecule has 0 atom stereocenters. The Morgan fingerprint density at radius 1 is 1.42 bits per heavy atom. The predicted molar refractivity (Wildman–Crippen MR) is 83.0 cm³/mol. The van der Waals surface area contributed by atoms with Crippen molar-refractivity contribution in [3.05, 3.63) is 50.4 Å². The molecule has 0 saturated carbocycles. The maximum Gasteiger partial charge on any atom is 0.251 e. The number of rotatable bonds is 3. The van der Waals surface area contributed by atoms with Crippen LogP contribution in [0.15, 0.2) is 24.3 Å². The molecule has 0 fully saturated rings. The van der Waals surface area contributed by atoms with Crippen molar-refractivity contribution in [2.24, 2.45) is 7.05 Å². The number of carbonyl (C=O) groups excluding carboxylic acids is 1. The number of hydrogen-bond donors (Lipinski definition) is 1. The van der Waals surface area contributed by atoms with Crippen LogP contribution in [0.4, 0.5) is 0 Å². The van der Waals surface area contributed by atoms with Crippen molar-refractivity contribution in [2.45, 2.75) is 20.4 Å². The minimum absolute atomic E-state index is 0.0545. The summed E-state index contributed by atoms with van der Waals surface area (Å²) in [7, 11) is 1.91. The van der Waals surface area contributed by atoms with Crippen LogP contribution in [-0.2, 0) is 13.6 Å². The summed E-state index contributed by atoms with van der Waals surface area (Å²) in [4.78, 5) is 12.1. The van der Waals surface area contributed by atoms with E-state index in [1.54, 1.807) is 0 Å². The Balaban J connectivity index is 2.09. The van der Waals surface area contributed by atoms with Gasteiger partial charge in [0.15, 0.2) is 0 Å². The van der Waals surface area contributed by atoms with Gasteiger partial charge in [-0.05, 0) is 54.6 Å². The average Bonchev–Trinajstić information content (AvgIpc) is 2.61. The van der Waals surface area contributed by atoms with Crippen LogP contribution >= 0.6 is 22.6 Å². The quantitative estimate of drug-likeness (QED) is 0.846. The second kappa shape index (κ2) is 5.73. The third-order valence-corrected chi connectivity index (χ3v) is 3.84. The molecule has 0 unspecified atom stereocenters. The fraction of sp³-hybridized carbons (Fsp3) is 0.286. The Bertz CT molecular complexity index is 619. The summed E-state index contributed by atoms with van der Waals surface area (Å²) in [5, 5.41) is 7.28. The molecule has 0 aliphatic heterocycles. The van der Waals surface area contributed by atoms with E-state index in [0.29, 0.717) is 12.1 Å². The number of carbonyl (C=O) groups is 1. The van der Waals surface area contributed by atoms with Crippen molar-refractivity contribution in [2.75, 3.05) is 0 Å². The number of benzene rings is 1. The molecule has 0 spiro atoms. The van der Waals surface area contributed by atoms with Crippen molar-refractivity contribution in [3.63, 3.8) is 0 Å². The van der Waals surface area contributed by atoms with Gasteiger partial charge in [0.1, 0.15) is 0 Å². The molecule has 1 amide bonds. The molecule has 1 heterocycles. The summed E-state index contributed by atoms with van der Waals surface area (Å²) in [6.07, 6.45) is 0. The number of amides is 1. The Hall–Kier alpha value is -1.37. The van der Waals surface area contributed by atoms with Crippen LogP contribution in [0.2, 0.25) is 0 Å². The summed E-state index contributed by atoms with van der Waals surface area (Å²) in [6, 6.07) is 7.54. The summed E-state index contributed by atoms with van der Waals surface area (Å²) in [6.45, 7) is 4.47. The fourth-order valence-electron chi connectivity index (χ4n) is 1.97. The van der Waals surface area contributed by atoms with Crippen molar-refractivity contribution < 1.29 is 4.79 Å². The molecule has 0 aliphatic carbocycles. The summed E-state index contributed by atoms with van der Waals surface area (Å²) in [5.74, 6) is -0.0545. The zero-order valence-corrected chi connectivity index (χ0v) is 13.4. The highest BCUT2D eigenvalue weighted by Crippen LogP contribution is 2.12. The molecular formula is C14H16IN3O. The summed E-state index contributed by atoms with van der Waals surface area (Å²) in [5.41, 5.74) is 3.82. The van der Waals surface area contributed by atoms with Crippen molar-refractivity contribution in [3.8, 4) is 0 Å². The van der Waals surface area contributed by atoms with Crippen LogP contribution in [0.3, 0.4) is 0 Å². The Morgan fingerprint density at radius 3 is 2.74 bits per heavy atom. The minimum atomic E-state index is -0.0545. The molecule has 100 valence electrons. The standard InChI is InChI=1S/C14H16IN3O/c1-9-13(10(2)18(3)17-9)8-16-14(19)11-5-4-6-12(15)7-11/h4-7H,8H2,1-3H3,(H,16,19). The second-order valence-electron chi connectivity index (χ2n) is 4.47. The van der Waals surface area contributed by atoms with Gasteiger partial charge in [0.05, 0.1) is 5.69 Å². The van der Waals surface area contributed by atoms with Gasteiger partial charge in [-0.2, -0.15) is 5.10 Å². The third kappa shape index (κ3) is 3.15. The molecule has 1 N–H and O–H groups in total. The molecule has 19 heavy (non-hydrogen) atoms. The van der Waals surface area contributed by atoms with Gasteiger partial charge in [-0.3, -0.25) is 9.48 Å². The summed E-state index contributed by atoms with van der Waals surface area (Å²) >= 11 is 2.20. The van der Waals surface area contributed by atoms with E-state index >= 15 is 0 Å². The molecule has 2 rings (SSSR count). The molecule has 4 nitrogen and oxygen atoms in total. The first-order valence-electron chi connectivity index (χ1n) is 6.02. The lowest BCUT2D eigenvalue weighted by Crippen LogP contribution is -2.23. The highest BCUT2D eigenvalue weighted by molar-refractivity contribution is 14.1. The van der Waals surface area contributed by atoms with Crippen LogP contribution in [0.25, 0.3) is 0 Å². The van der Waals surface area contributed by atoms with Crippen molar-refractivity contribution in [1.29, 1.82) is 0 Å². The van der Waals surface area contributed by atoms with Gasteiger partial charge in [-0.15, -0.1) is 0 Å². The van der Waals surface area contributed by atoms with E-state index in [9.17, 15) is 4.79 Å². The Morgan fingerprint density at radius 2 is 2.16 bits per heavy atom. The molecule has 0 aliphatic rings. The van der Waals surface area contributed by atoms with Crippen molar-refractivity contribution in [1.82, 2.24) is 15.1 Å². The first kappa shape index (κ1) is 14.0. The fourth-order valence-corrected chi connectivity index (χ4v) is 2.52. The number of aryl methyl sites for hydroxylation is 2. The third-order valence-electron chi connectivity index (χ3n) is 3.17. The van der Waals surface area contributed by atoms with E-state index in [1.165, 1.54) is 0 Å². The monoisotopic (exact) mass is 369 g/mol. The SMILES string of the molecule is Cc1nn(C)c(C)c1CNC(=O)c1cccc(I)c1. The van der Waals surface area contributed by atoms with Gasteiger partial charge < -0.3 is 5.32 Å². The second-order valence-corrected chi connectivity index (χ2v) is 5.71. The molecule has 0 bridgehead atoms. The minimum Gasteiger partial charge on any atom is -0.348 e. The maximum atomic E-state index is 12.1. The molecule has 1 aromatic carbocycles. The van der Waals surface area contributed by atoms with E-state index in [1.807, 2.05) is 49.8 Å². The number of hydrogen-bond acceptors (Lipinski definition) is 2. The topological polar surface area (TPSA) is 46.9 Å². The normalized spacial score (nSPS) is 10.5. The summed E-state index contributed by atoms with van der Waals surface area (Å²) < 4.78 is 2.89. The van der Waals surface area contributed by atoms with Crippen LogP contribution in [-0.4, -0.2) is 15.7 Å². The van der Waals surface area contributed by atoms with Crippen molar-refractivity contribution >= 4 is 28.5 Å². The zero-order chi connectivity index (χ0) is 14.0. The predicted octanol–water partition coefficient (Wildman–Crippen LogP) is 2.57. The van der Waals surface area contributed by atoms with Gasteiger partial charge in [0.2, 0.25) is 0 Å². The van der Waals surface area contributed by atoms with E-state index in [2.05, 4.69) is 33.0 Å². The van der Waals surface area contributed by atoms with Crippen LogP contribution in [0, 0.1) is 17.4 Å². The van der Waals surface area contributed by atoms with Crippen LogP contribution in [0.1, 0.15) is 27.3 Å². The average molecular weight is 369 g/mol. The van der Waals surface area contributed by atoms with Gasteiger partial charge >= 0.3 is 0 Å². The molecular weight excluding hydrogens is 353 g/mol. The maximum absolute atomic E-state index is 12.1. The van der Waals surface area contributed by atoms with E-state index in [0.717, 1.165) is 20.5 Å². The first-order valence-corrected chi connectivity index (χ1v) is 7.09. The largest absolute Gasteiger partial charge is 0.348 e. The lowest BCUT2D eigenvalue weighted by molar-refractivity contribution is 0.0951. The van der Waals surface area contributed by atoms with E-state index < -0.39 is 0 Å². The highest BCUT2D eigenvalue weighted by atomic mass is 127. The highest BCUT2D eigenvalue weighted by Gasteiger charge is 2.11. The molecule has 0 saturated heterocycles. The molecule has 1 aromatic heterocycles. The number of nitrogens with zero attached hydrogens (tertiary/aromatic N) is 2. The Kier molecular flexibility index (Phi) is 4.24. The smallest absolute Gasteiger partial charge is 0.251 e. The molecule has 2 aromatic rings. The number of aromatic nitrogens is 2. The molecule has 5 heteroatoms. The number of halogens is 1.